The van der Waals surface area contributed by atoms with Crippen LogP contribution in [-0.4, -0.2) is 29.0 Å². The number of hydrogen-bond donors (Lipinski definition) is 2. The Bertz CT molecular complexity index is 1010. The summed E-state index contributed by atoms with van der Waals surface area (Å²) in [5.74, 6) is 1.46. The van der Waals surface area contributed by atoms with Gasteiger partial charge in [0, 0.05) is 24.3 Å². The molecule has 2 aromatic carbocycles. The number of urea groups is 1. The number of benzene rings is 2. The lowest BCUT2D eigenvalue weighted by Gasteiger charge is -2.19. The number of hydrogen-bond acceptors (Lipinski definition) is 4. The second-order valence-corrected chi connectivity index (χ2v) is 6.91. The second-order valence-electron chi connectivity index (χ2n) is 6.91. The highest BCUT2D eigenvalue weighted by Gasteiger charge is 2.14. The van der Waals surface area contributed by atoms with E-state index >= 15 is 0 Å². The number of carbonyl (C=O) groups excluding carboxylic acids is 1. The molecule has 7 heteroatoms. The first-order chi connectivity index (χ1) is 14.1. The fourth-order valence-corrected chi connectivity index (χ4v) is 3.36. The maximum absolute atomic E-state index is 12.3. The summed E-state index contributed by atoms with van der Waals surface area (Å²) < 4.78 is 13.0. The van der Waals surface area contributed by atoms with Crippen molar-refractivity contribution in [1.82, 2.24) is 20.4 Å². The molecule has 0 spiro atoms. The molecule has 7 nitrogen and oxygen atoms in total. The minimum atomic E-state index is -0.230. The van der Waals surface area contributed by atoms with E-state index in [4.69, 9.17) is 9.47 Å². The first kappa shape index (κ1) is 18.9. The number of aryl methyl sites for hydroxylation is 1. The molecule has 2 heterocycles. The van der Waals surface area contributed by atoms with Gasteiger partial charge in [-0.15, -0.1) is 0 Å². The molecule has 0 radical (unpaired) electrons. The molecule has 0 fully saturated rings. The maximum atomic E-state index is 12.3. The van der Waals surface area contributed by atoms with Gasteiger partial charge in [0.25, 0.3) is 0 Å². The predicted molar refractivity (Wildman–Crippen MR) is 110 cm³/mol. The van der Waals surface area contributed by atoms with Gasteiger partial charge >= 0.3 is 6.03 Å². The van der Waals surface area contributed by atoms with Crippen LogP contribution < -0.4 is 20.1 Å². The van der Waals surface area contributed by atoms with Crippen LogP contribution in [0.2, 0.25) is 0 Å². The third-order valence-corrected chi connectivity index (χ3v) is 4.93. The van der Waals surface area contributed by atoms with E-state index in [1.807, 2.05) is 67.1 Å². The van der Waals surface area contributed by atoms with E-state index in [-0.39, 0.29) is 6.03 Å². The Kier molecular flexibility index (Phi) is 5.37. The molecule has 0 aliphatic carbocycles. The van der Waals surface area contributed by atoms with Gasteiger partial charge in [0.1, 0.15) is 13.2 Å². The number of para-hydroxylation sites is 1. The highest BCUT2D eigenvalue weighted by atomic mass is 16.6. The summed E-state index contributed by atoms with van der Waals surface area (Å²) in [7, 11) is 0. The molecule has 0 saturated carbocycles. The van der Waals surface area contributed by atoms with Crippen LogP contribution in [0.1, 0.15) is 22.5 Å². The lowest BCUT2D eigenvalue weighted by Crippen LogP contribution is -2.34. The number of fused-ring (bicyclic) bond motifs is 1. The van der Waals surface area contributed by atoms with Crippen molar-refractivity contribution in [2.24, 2.45) is 0 Å². The van der Waals surface area contributed by atoms with Crippen molar-refractivity contribution in [3.05, 3.63) is 71.0 Å². The van der Waals surface area contributed by atoms with Gasteiger partial charge in [0.05, 0.1) is 11.4 Å². The third-order valence-electron chi connectivity index (χ3n) is 4.93. The number of nitrogens with one attached hydrogen (secondary N) is 2. The number of amides is 2. The van der Waals surface area contributed by atoms with Crippen LogP contribution in [0.5, 0.6) is 11.5 Å². The van der Waals surface area contributed by atoms with Gasteiger partial charge in [-0.2, -0.15) is 5.10 Å². The average molecular weight is 392 g/mol. The van der Waals surface area contributed by atoms with Gasteiger partial charge in [0.15, 0.2) is 11.5 Å². The van der Waals surface area contributed by atoms with E-state index in [0.29, 0.717) is 26.3 Å². The summed E-state index contributed by atoms with van der Waals surface area (Å²) in [5, 5.41) is 10.4. The Hall–Kier alpha value is -3.48. The normalized spacial score (nSPS) is 12.5. The molecule has 29 heavy (non-hydrogen) atoms. The van der Waals surface area contributed by atoms with Crippen molar-refractivity contribution in [3.63, 3.8) is 0 Å². The number of nitrogens with zero attached hydrogens (tertiary/aromatic N) is 2. The smallest absolute Gasteiger partial charge is 0.315 e. The largest absolute Gasteiger partial charge is 0.486 e. The van der Waals surface area contributed by atoms with Crippen molar-refractivity contribution >= 4 is 6.03 Å². The van der Waals surface area contributed by atoms with E-state index in [2.05, 4.69) is 15.7 Å². The van der Waals surface area contributed by atoms with Gasteiger partial charge in [-0.1, -0.05) is 24.3 Å². The topological polar surface area (TPSA) is 77.4 Å². The van der Waals surface area contributed by atoms with Gasteiger partial charge in [-0.3, -0.25) is 0 Å². The Labute approximate surface area is 169 Å². The molecule has 0 unspecified atom stereocenters. The highest BCUT2D eigenvalue weighted by Crippen LogP contribution is 2.30. The first-order valence-electron chi connectivity index (χ1n) is 9.62. The van der Waals surface area contributed by atoms with Crippen LogP contribution in [0.4, 0.5) is 4.79 Å². The van der Waals surface area contributed by atoms with Gasteiger partial charge in [-0.25, -0.2) is 9.48 Å². The van der Waals surface area contributed by atoms with E-state index in [0.717, 1.165) is 39.7 Å². The van der Waals surface area contributed by atoms with E-state index < -0.39 is 0 Å². The van der Waals surface area contributed by atoms with Gasteiger partial charge in [-0.05, 0) is 43.7 Å². The molecule has 4 rings (SSSR count). The summed E-state index contributed by atoms with van der Waals surface area (Å²) in [5.41, 5.74) is 4.89. The first-order valence-corrected chi connectivity index (χ1v) is 9.62. The summed E-state index contributed by atoms with van der Waals surface area (Å²) in [6, 6.07) is 15.4. The average Bonchev–Trinajstić information content (AvgIpc) is 3.04. The number of rotatable bonds is 5. The monoisotopic (exact) mass is 392 g/mol. The molecule has 0 atom stereocenters. The molecule has 0 bridgehead atoms. The zero-order valence-electron chi connectivity index (χ0n) is 16.6. The maximum Gasteiger partial charge on any atom is 0.315 e. The van der Waals surface area contributed by atoms with Crippen LogP contribution >= 0.6 is 0 Å². The fourth-order valence-electron chi connectivity index (χ4n) is 3.36. The minimum Gasteiger partial charge on any atom is -0.486 e. The fraction of sp³-hybridized carbons (Fsp3) is 0.273. The molecule has 2 amide bonds. The van der Waals surface area contributed by atoms with E-state index in [1.54, 1.807) is 0 Å². The van der Waals surface area contributed by atoms with Crippen molar-refractivity contribution in [2.75, 3.05) is 13.2 Å². The molecule has 2 N–H and O–H groups in total. The van der Waals surface area contributed by atoms with Crippen LogP contribution in [0.15, 0.2) is 48.5 Å². The summed E-state index contributed by atoms with van der Waals surface area (Å²) in [6.45, 7) is 5.89. The van der Waals surface area contributed by atoms with E-state index in [1.165, 1.54) is 0 Å². The number of carbonyl (C=O) groups is 1. The third kappa shape index (κ3) is 4.18. The SMILES string of the molecule is Cc1nn(-c2ccccc2)c(C)c1CNC(=O)NCc1ccc2c(c1)OCCO2. The number of ether oxygens (including phenoxy) is 2. The molecule has 3 aromatic rings. The molecular formula is C22H24N4O3. The van der Waals surface area contributed by atoms with Crippen molar-refractivity contribution in [2.45, 2.75) is 26.9 Å². The Balaban J connectivity index is 1.35. The van der Waals surface area contributed by atoms with Crippen molar-refractivity contribution in [1.29, 1.82) is 0 Å². The summed E-state index contributed by atoms with van der Waals surface area (Å²) in [6.07, 6.45) is 0. The lowest BCUT2D eigenvalue weighted by molar-refractivity contribution is 0.171. The lowest BCUT2D eigenvalue weighted by atomic mass is 10.2. The Morgan fingerprint density at radius 3 is 2.52 bits per heavy atom. The Morgan fingerprint density at radius 2 is 1.72 bits per heavy atom. The van der Waals surface area contributed by atoms with Crippen LogP contribution in [-0.2, 0) is 13.1 Å². The molecule has 1 aliphatic heterocycles. The zero-order chi connectivity index (χ0) is 20.2. The van der Waals surface area contributed by atoms with Crippen LogP contribution in [0.3, 0.4) is 0 Å². The van der Waals surface area contributed by atoms with Crippen molar-refractivity contribution < 1.29 is 14.3 Å². The molecule has 1 aliphatic rings. The van der Waals surface area contributed by atoms with Gasteiger partial charge in [0.2, 0.25) is 0 Å². The minimum absolute atomic E-state index is 0.230. The number of aromatic nitrogens is 2. The van der Waals surface area contributed by atoms with Gasteiger partial charge < -0.3 is 20.1 Å². The zero-order valence-corrected chi connectivity index (χ0v) is 16.6. The van der Waals surface area contributed by atoms with E-state index in [9.17, 15) is 4.79 Å². The standard InChI is InChI=1S/C22H24N4O3/c1-15-19(16(2)26(25-15)18-6-4-3-5-7-18)14-24-22(27)23-13-17-8-9-20-21(12-17)29-11-10-28-20/h3-9,12H,10-11,13-14H2,1-2H3,(H2,23,24,27). The molecule has 0 saturated heterocycles. The summed E-state index contributed by atoms with van der Waals surface area (Å²) >= 11 is 0. The van der Waals surface area contributed by atoms with Crippen LogP contribution in [0, 0.1) is 13.8 Å². The molecule has 150 valence electrons. The Morgan fingerprint density at radius 1 is 1.00 bits per heavy atom. The van der Waals surface area contributed by atoms with Crippen molar-refractivity contribution in [3.8, 4) is 17.2 Å². The van der Waals surface area contributed by atoms with Crippen LogP contribution in [0.25, 0.3) is 5.69 Å². The molecule has 1 aromatic heterocycles. The molecular weight excluding hydrogens is 368 g/mol. The second kappa shape index (κ2) is 8.26. The quantitative estimate of drug-likeness (QED) is 0.699. The summed E-state index contributed by atoms with van der Waals surface area (Å²) in [4.78, 5) is 12.3. The predicted octanol–water partition coefficient (Wildman–Crippen LogP) is 3.26. The highest BCUT2D eigenvalue weighted by molar-refractivity contribution is 5.74.